The fourth-order valence-corrected chi connectivity index (χ4v) is 3.81. The molecular weight excluding hydrogens is 439 g/mol. The maximum Gasteiger partial charge on any atom is 0.422 e. The molecule has 1 fully saturated rings. The molecule has 0 radical (unpaired) electrons. The lowest BCUT2D eigenvalue weighted by molar-refractivity contribution is -0.144. The molecule has 0 N–H and O–H groups in total. The minimum Gasteiger partial charge on any atom is -0.466 e. The lowest BCUT2D eigenvalue weighted by atomic mass is 9.76. The van der Waals surface area contributed by atoms with Crippen LogP contribution >= 0.6 is 0 Å². The molecule has 0 aliphatic carbocycles. The highest BCUT2D eigenvalue weighted by atomic mass is 19.4. The molecule has 2 atom stereocenters. The van der Waals surface area contributed by atoms with Crippen LogP contribution in [-0.4, -0.2) is 38.2 Å². The SMILES string of the molecule is CCOC(=O)CC1CC(C)(COC)CC(=O)N1c1c(F)c(F)c(C(F)(F)F)c(F)c1F. The molecular formula is C19H20F7NO4. The summed E-state index contributed by atoms with van der Waals surface area (Å²) in [6.45, 7) is 3.02. The first kappa shape index (κ1) is 24.9. The molecule has 2 rings (SSSR count). The number of piperidine rings is 1. The zero-order valence-electron chi connectivity index (χ0n) is 16.8. The average molecular weight is 459 g/mol. The number of hydrogen-bond acceptors (Lipinski definition) is 4. The molecule has 12 heteroatoms. The van der Waals surface area contributed by atoms with Gasteiger partial charge in [0.25, 0.3) is 0 Å². The van der Waals surface area contributed by atoms with Crippen molar-refractivity contribution in [1.29, 1.82) is 0 Å². The Labute approximate surface area is 173 Å². The molecule has 5 nitrogen and oxygen atoms in total. The van der Waals surface area contributed by atoms with Crippen LogP contribution in [0.1, 0.15) is 38.7 Å². The Morgan fingerprint density at radius 1 is 1.13 bits per heavy atom. The molecule has 1 heterocycles. The predicted molar refractivity (Wildman–Crippen MR) is 93.0 cm³/mol. The van der Waals surface area contributed by atoms with Crippen molar-refractivity contribution in [1.82, 2.24) is 0 Å². The highest BCUT2D eigenvalue weighted by Crippen LogP contribution is 2.44. The van der Waals surface area contributed by atoms with Gasteiger partial charge in [0.1, 0.15) is 11.3 Å². The number of esters is 1. The number of benzene rings is 1. The third-order valence-corrected chi connectivity index (χ3v) is 4.91. The van der Waals surface area contributed by atoms with Crippen LogP contribution in [0.25, 0.3) is 0 Å². The normalized spacial score (nSPS) is 22.1. The van der Waals surface area contributed by atoms with E-state index in [2.05, 4.69) is 0 Å². The summed E-state index contributed by atoms with van der Waals surface area (Å²) < 4.78 is 106. The van der Waals surface area contributed by atoms with Gasteiger partial charge in [-0.3, -0.25) is 9.59 Å². The monoisotopic (exact) mass is 459 g/mol. The van der Waals surface area contributed by atoms with E-state index in [1.54, 1.807) is 6.92 Å². The summed E-state index contributed by atoms with van der Waals surface area (Å²) in [4.78, 5) is 25.0. The van der Waals surface area contributed by atoms with Gasteiger partial charge in [0.05, 0.1) is 19.6 Å². The average Bonchev–Trinajstić information content (AvgIpc) is 2.61. The van der Waals surface area contributed by atoms with Crippen LogP contribution in [0.2, 0.25) is 0 Å². The maximum atomic E-state index is 14.6. The molecule has 0 aromatic heterocycles. The molecule has 1 aliphatic heterocycles. The predicted octanol–water partition coefficient (Wildman–Crippen LogP) is 4.36. The summed E-state index contributed by atoms with van der Waals surface area (Å²) in [7, 11) is 1.34. The van der Waals surface area contributed by atoms with Crippen molar-refractivity contribution >= 4 is 17.6 Å². The van der Waals surface area contributed by atoms with Crippen molar-refractivity contribution in [3.05, 3.63) is 28.8 Å². The van der Waals surface area contributed by atoms with Gasteiger partial charge < -0.3 is 14.4 Å². The molecule has 0 saturated carbocycles. The van der Waals surface area contributed by atoms with E-state index in [0.29, 0.717) is 4.90 Å². The summed E-state index contributed by atoms with van der Waals surface area (Å²) >= 11 is 0. The van der Waals surface area contributed by atoms with Gasteiger partial charge in [-0.2, -0.15) is 13.2 Å². The quantitative estimate of drug-likeness (QED) is 0.360. The largest absolute Gasteiger partial charge is 0.466 e. The third-order valence-electron chi connectivity index (χ3n) is 4.91. The summed E-state index contributed by atoms with van der Waals surface area (Å²) in [6, 6.07) is -1.35. The van der Waals surface area contributed by atoms with E-state index >= 15 is 0 Å². The summed E-state index contributed by atoms with van der Waals surface area (Å²) in [5, 5.41) is 0. The van der Waals surface area contributed by atoms with Crippen molar-refractivity contribution in [2.24, 2.45) is 5.41 Å². The van der Waals surface area contributed by atoms with Crippen LogP contribution in [0.4, 0.5) is 36.4 Å². The van der Waals surface area contributed by atoms with E-state index < -0.39 is 76.9 Å². The van der Waals surface area contributed by atoms with Gasteiger partial charge in [0.15, 0.2) is 23.3 Å². The third kappa shape index (κ3) is 4.94. The van der Waals surface area contributed by atoms with E-state index in [4.69, 9.17) is 9.47 Å². The van der Waals surface area contributed by atoms with Crippen LogP contribution in [0.3, 0.4) is 0 Å². The number of methoxy groups -OCH3 is 1. The highest BCUT2D eigenvalue weighted by Gasteiger charge is 2.48. The number of carbonyl (C=O) groups excluding carboxylic acids is 2. The smallest absolute Gasteiger partial charge is 0.422 e. The molecule has 1 amide bonds. The van der Waals surface area contributed by atoms with Crippen molar-refractivity contribution in [2.75, 3.05) is 25.2 Å². The Hall–Kier alpha value is -2.37. The second-order valence-corrected chi connectivity index (χ2v) is 7.53. The first-order valence-electron chi connectivity index (χ1n) is 9.17. The van der Waals surface area contributed by atoms with Crippen LogP contribution in [0.5, 0.6) is 0 Å². The number of anilines is 1. The van der Waals surface area contributed by atoms with Gasteiger partial charge in [-0.25, -0.2) is 17.6 Å². The molecule has 1 aliphatic rings. The number of halogens is 7. The number of rotatable bonds is 6. The Kier molecular flexibility index (Phi) is 7.24. The van der Waals surface area contributed by atoms with Gasteiger partial charge in [0.2, 0.25) is 5.91 Å². The zero-order chi connectivity index (χ0) is 23.7. The second kappa shape index (κ2) is 9.01. The van der Waals surface area contributed by atoms with Crippen LogP contribution < -0.4 is 4.90 Å². The van der Waals surface area contributed by atoms with Gasteiger partial charge in [0, 0.05) is 25.0 Å². The number of alkyl halides is 3. The van der Waals surface area contributed by atoms with E-state index in [1.165, 1.54) is 14.0 Å². The fourth-order valence-electron chi connectivity index (χ4n) is 3.81. The van der Waals surface area contributed by atoms with Crippen molar-refractivity contribution in [3.8, 4) is 0 Å². The minimum atomic E-state index is -5.72. The second-order valence-electron chi connectivity index (χ2n) is 7.53. The first-order valence-corrected chi connectivity index (χ1v) is 9.17. The van der Waals surface area contributed by atoms with Crippen molar-refractivity contribution in [3.63, 3.8) is 0 Å². The van der Waals surface area contributed by atoms with Crippen LogP contribution in [0.15, 0.2) is 0 Å². The first-order chi connectivity index (χ1) is 14.3. The molecule has 31 heavy (non-hydrogen) atoms. The van der Waals surface area contributed by atoms with Gasteiger partial charge >= 0.3 is 12.1 Å². The van der Waals surface area contributed by atoms with Crippen LogP contribution in [0, 0.1) is 28.7 Å². The molecule has 0 spiro atoms. The Balaban J connectivity index is 2.65. The van der Waals surface area contributed by atoms with Crippen molar-refractivity contribution < 1.29 is 49.8 Å². The Morgan fingerprint density at radius 2 is 1.68 bits per heavy atom. The standard InChI is InChI=1S/C19H20F7NO4/c1-4-31-11(29)5-9-6-18(2,8-30-3)7-10(28)27(9)17-15(22)13(20)12(19(24,25)26)14(21)16(17)23/h9H,4-8H2,1-3H3. The number of nitrogens with zero attached hydrogens (tertiary/aromatic N) is 1. The van der Waals surface area contributed by atoms with Crippen molar-refractivity contribution in [2.45, 2.75) is 45.3 Å². The molecule has 174 valence electrons. The van der Waals surface area contributed by atoms with Gasteiger partial charge in [-0.05, 0) is 13.3 Å². The van der Waals surface area contributed by atoms with Gasteiger partial charge in [-0.1, -0.05) is 6.92 Å². The van der Waals surface area contributed by atoms with E-state index in [-0.39, 0.29) is 19.6 Å². The summed E-state index contributed by atoms with van der Waals surface area (Å²) in [5.74, 6) is -12.1. The van der Waals surface area contributed by atoms with Gasteiger partial charge in [-0.15, -0.1) is 0 Å². The molecule has 1 saturated heterocycles. The fraction of sp³-hybridized carbons (Fsp3) is 0.579. The number of ether oxygens (including phenoxy) is 2. The van der Waals surface area contributed by atoms with Crippen LogP contribution in [-0.2, 0) is 25.2 Å². The topological polar surface area (TPSA) is 55.8 Å². The molecule has 1 aromatic rings. The minimum absolute atomic E-state index is 0.00655. The lowest BCUT2D eigenvalue weighted by Gasteiger charge is -2.44. The summed E-state index contributed by atoms with van der Waals surface area (Å²) in [5.41, 5.74) is -5.28. The molecule has 0 bridgehead atoms. The molecule has 2 unspecified atom stereocenters. The van der Waals surface area contributed by atoms with E-state index in [9.17, 15) is 40.3 Å². The van der Waals surface area contributed by atoms with E-state index in [1.807, 2.05) is 0 Å². The zero-order valence-corrected chi connectivity index (χ0v) is 16.8. The lowest BCUT2D eigenvalue weighted by Crippen LogP contribution is -2.53. The number of hydrogen-bond donors (Lipinski definition) is 0. The highest BCUT2D eigenvalue weighted by molar-refractivity contribution is 5.96. The Morgan fingerprint density at radius 3 is 2.13 bits per heavy atom. The summed E-state index contributed by atoms with van der Waals surface area (Å²) in [6.07, 6.45) is -6.83. The number of carbonyl (C=O) groups is 2. The molecule has 1 aromatic carbocycles. The van der Waals surface area contributed by atoms with E-state index in [0.717, 1.165) is 0 Å². The Bertz CT molecular complexity index is 845. The maximum absolute atomic E-state index is 14.6. The number of amides is 1.